The van der Waals surface area contributed by atoms with E-state index >= 15 is 0 Å². The first kappa shape index (κ1) is 15.6. The summed E-state index contributed by atoms with van der Waals surface area (Å²) in [7, 11) is 0. The molecule has 0 aromatic heterocycles. The molecule has 0 spiro atoms. The van der Waals surface area contributed by atoms with Crippen LogP contribution in [0.25, 0.3) is 0 Å². The minimum Gasteiger partial charge on any atom is -0.457 e. The Morgan fingerprint density at radius 1 is 1.09 bits per heavy atom. The van der Waals surface area contributed by atoms with Crippen LogP contribution in [0.3, 0.4) is 0 Å². The Kier molecular flexibility index (Phi) is 4.93. The maximum absolute atomic E-state index is 12.1. The first-order valence-corrected chi connectivity index (χ1v) is 8.06. The maximum Gasteiger partial charge on any atom is 0.238 e. The Morgan fingerprint density at radius 2 is 1.83 bits per heavy atom. The number of benzene rings is 2. The smallest absolute Gasteiger partial charge is 0.238 e. The van der Waals surface area contributed by atoms with E-state index in [2.05, 4.69) is 10.2 Å². The van der Waals surface area contributed by atoms with Gasteiger partial charge in [0.2, 0.25) is 5.91 Å². The summed E-state index contributed by atoms with van der Waals surface area (Å²) >= 11 is 0. The molecule has 1 N–H and O–H groups in total. The monoisotopic (exact) mass is 310 g/mol. The minimum absolute atomic E-state index is 0.0479. The molecule has 0 radical (unpaired) electrons. The van der Waals surface area contributed by atoms with Crippen LogP contribution in [0.15, 0.2) is 48.5 Å². The van der Waals surface area contributed by atoms with E-state index in [1.165, 1.54) is 12.8 Å². The number of nitrogens with one attached hydrogen (secondary N) is 1. The molecule has 0 saturated carbocycles. The van der Waals surface area contributed by atoms with Crippen molar-refractivity contribution >= 4 is 11.6 Å². The standard InChI is InChI=1S/C19H22N2O2/c1-15-13-17(23-16-7-3-2-4-8-16)9-10-18(15)20-19(22)14-21-11-5-6-12-21/h2-4,7-10,13H,5-6,11-12,14H2,1H3,(H,20,22). The first-order chi connectivity index (χ1) is 11.2. The third-order valence-corrected chi connectivity index (χ3v) is 4.02. The van der Waals surface area contributed by atoms with Crippen molar-refractivity contribution in [1.29, 1.82) is 0 Å². The topological polar surface area (TPSA) is 41.6 Å². The van der Waals surface area contributed by atoms with Crippen LogP contribution >= 0.6 is 0 Å². The lowest BCUT2D eigenvalue weighted by molar-refractivity contribution is -0.117. The molecule has 1 amide bonds. The van der Waals surface area contributed by atoms with Gasteiger partial charge in [-0.25, -0.2) is 0 Å². The van der Waals surface area contributed by atoms with Gasteiger partial charge in [0.15, 0.2) is 0 Å². The Bertz CT molecular complexity index is 664. The number of carbonyl (C=O) groups is 1. The van der Waals surface area contributed by atoms with Gasteiger partial charge in [-0.3, -0.25) is 9.69 Å². The number of nitrogens with zero attached hydrogens (tertiary/aromatic N) is 1. The van der Waals surface area contributed by atoms with Crippen LogP contribution in [0.1, 0.15) is 18.4 Å². The highest BCUT2D eigenvalue weighted by atomic mass is 16.5. The number of likely N-dealkylation sites (tertiary alicyclic amines) is 1. The van der Waals surface area contributed by atoms with Crippen molar-refractivity contribution in [3.05, 3.63) is 54.1 Å². The van der Waals surface area contributed by atoms with Gasteiger partial charge >= 0.3 is 0 Å². The van der Waals surface area contributed by atoms with E-state index in [0.29, 0.717) is 6.54 Å². The molecular weight excluding hydrogens is 288 g/mol. The fourth-order valence-corrected chi connectivity index (χ4v) is 2.80. The van der Waals surface area contributed by atoms with Crippen LogP contribution in [0.5, 0.6) is 11.5 Å². The van der Waals surface area contributed by atoms with Gasteiger partial charge in [0.25, 0.3) is 0 Å². The lowest BCUT2D eigenvalue weighted by Crippen LogP contribution is -2.31. The number of hydrogen-bond acceptors (Lipinski definition) is 3. The van der Waals surface area contributed by atoms with E-state index in [1.54, 1.807) is 0 Å². The highest BCUT2D eigenvalue weighted by molar-refractivity contribution is 5.93. The van der Waals surface area contributed by atoms with Crippen molar-refractivity contribution in [2.75, 3.05) is 25.0 Å². The summed E-state index contributed by atoms with van der Waals surface area (Å²) in [4.78, 5) is 14.3. The van der Waals surface area contributed by atoms with Gasteiger partial charge in [0.1, 0.15) is 11.5 Å². The van der Waals surface area contributed by atoms with Crippen LogP contribution in [-0.2, 0) is 4.79 Å². The highest BCUT2D eigenvalue weighted by Crippen LogP contribution is 2.26. The van der Waals surface area contributed by atoms with Gasteiger partial charge in [-0.1, -0.05) is 18.2 Å². The number of rotatable bonds is 5. The largest absolute Gasteiger partial charge is 0.457 e. The Labute approximate surface area is 137 Å². The molecule has 4 nitrogen and oxygen atoms in total. The van der Waals surface area contributed by atoms with Gasteiger partial charge in [-0.15, -0.1) is 0 Å². The number of para-hydroxylation sites is 1. The van der Waals surface area contributed by atoms with E-state index in [9.17, 15) is 4.79 Å². The summed E-state index contributed by atoms with van der Waals surface area (Å²) in [5.74, 6) is 1.62. The summed E-state index contributed by atoms with van der Waals surface area (Å²) in [5, 5.41) is 2.99. The molecule has 0 aliphatic carbocycles. The first-order valence-electron chi connectivity index (χ1n) is 8.06. The van der Waals surface area contributed by atoms with Gasteiger partial charge in [-0.05, 0) is 68.8 Å². The van der Waals surface area contributed by atoms with Crippen LogP contribution in [0.4, 0.5) is 5.69 Å². The predicted octanol–water partition coefficient (Wildman–Crippen LogP) is 3.82. The molecule has 0 unspecified atom stereocenters. The summed E-state index contributed by atoms with van der Waals surface area (Å²) < 4.78 is 5.81. The van der Waals surface area contributed by atoms with Crippen molar-refractivity contribution in [3.63, 3.8) is 0 Å². The molecule has 0 atom stereocenters. The van der Waals surface area contributed by atoms with Crippen LogP contribution in [0.2, 0.25) is 0 Å². The van der Waals surface area contributed by atoms with Crippen molar-refractivity contribution in [2.45, 2.75) is 19.8 Å². The zero-order chi connectivity index (χ0) is 16.1. The van der Waals surface area contributed by atoms with Crippen LogP contribution < -0.4 is 10.1 Å². The zero-order valence-corrected chi connectivity index (χ0v) is 13.4. The molecule has 4 heteroatoms. The third kappa shape index (κ3) is 4.33. The van der Waals surface area contributed by atoms with Crippen molar-refractivity contribution in [3.8, 4) is 11.5 Å². The molecule has 1 aliphatic heterocycles. The molecular formula is C19H22N2O2. The van der Waals surface area contributed by atoms with E-state index in [0.717, 1.165) is 35.8 Å². The molecule has 1 saturated heterocycles. The Hall–Kier alpha value is -2.33. The Morgan fingerprint density at radius 3 is 2.52 bits per heavy atom. The molecule has 1 heterocycles. The average Bonchev–Trinajstić information content (AvgIpc) is 3.04. The molecule has 1 fully saturated rings. The maximum atomic E-state index is 12.1. The number of ether oxygens (including phenoxy) is 1. The fraction of sp³-hybridized carbons (Fsp3) is 0.316. The second kappa shape index (κ2) is 7.29. The van der Waals surface area contributed by atoms with Crippen molar-refractivity contribution in [2.24, 2.45) is 0 Å². The van der Waals surface area contributed by atoms with Gasteiger partial charge in [-0.2, -0.15) is 0 Å². The number of anilines is 1. The third-order valence-electron chi connectivity index (χ3n) is 4.02. The second-order valence-corrected chi connectivity index (χ2v) is 5.92. The quantitative estimate of drug-likeness (QED) is 0.913. The number of hydrogen-bond donors (Lipinski definition) is 1. The van der Waals surface area contributed by atoms with Gasteiger partial charge in [0, 0.05) is 5.69 Å². The SMILES string of the molecule is Cc1cc(Oc2ccccc2)ccc1NC(=O)CN1CCCC1. The van der Waals surface area contributed by atoms with Gasteiger partial charge in [0.05, 0.1) is 6.54 Å². The van der Waals surface area contributed by atoms with Gasteiger partial charge < -0.3 is 10.1 Å². The predicted molar refractivity (Wildman–Crippen MR) is 92.0 cm³/mol. The lowest BCUT2D eigenvalue weighted by Gasteiger charge is -2.15. The molecule has 3 rings (SSSR count). The summed E-state index contributed by atoms with van der Waals surface area (Å²) in [5.41, 5.74) is 1.84. The number of aryl methyl sites for hydroxylation is 1. The van der Waals surface area contributed by atoms with Crippen LogP contribution in [-0.4, -0.2) is 30.4 Å². The Balaban J connectivity index is 1.61. The fourth-order valence-electron chi connectivity index (χ4n) is 2.80. The lowest BCUT2D eigenvalue weighted by atomic mass is 10.2. The molecule has 0 bridgehead atoms. The normalized spacial score (nSPS) is 14.7. The number of amides is 1. The number of carbonyl (C=O) groups excluding carboxylic acids is 1. The minimum atomic E-state index is 0.0479. The summed E-state index contributed by atoms with van der Waals surface area (Å²) in [6.45, 7) is 4.50. The molecule has 120 valence electrons. The molecule has 2 aromatic rings. The molecule has 23 heavy (non-hydrogen) atoms. The zero-order valence-electron chi connectivity index (χ0n) is 13.4. The summed E-state index contributed by atoms with van der Waals surface area (Å²) in [6.07, 6.45) is 2.38. The van der Waals surface area contributed by atoms with E-state index < -0.39 is 0 Å². The second-order valence-electron chi connectivity index (χ2n) is 5.92. The van der Waals surface area contributed by atoms with Crippen molar-refractivity contribution in [1.82, 2.24) is 4.90 Å². The highest BCUT2D eigenvalue weighted by Gasteiger charge is 2.15. The van der Waals surface area contributed by atoms with E-state index in [1.807, 2.05) is 55.5 Å². The molecule has 1 aliphatic rings. The summed E-state index contributed by atoms with van der Waals surface area (Å²) in [6, 6.07) is 15.4. The average molecular weight is 310 g/mol. The molecule has 2 aromatic carbocycles. The van der Waals surface area contributed by atoms with E-state index in [-0.39, 0.29) is 5.91 Å². The van der Waals surface area contributed by atoms with E-state index in [4.69, 9.17) is 4.74 Å². The van der Waals surface area contributed by atoms with Crippen molar-refractivity contribution < 1.29 is 9.53 Å². The van der Waals surface area contributed by atoms with Crippen LogP contribution in [0, 0.1) is 6.92 Å².